The van der Waals surface area contributed by atoms with Crippen LogP contribution in [0.2, 0.25) is 0 Å². The molecule has 6 nitrogen and oxygen atoms in total. The minimum absolute atomic E-state index is 0.167. The maximum Gasteiger partial charge on any atom is 0.416 e. The molecule has 0 bridgehead atoms. The zero-order valence-corrected chi connectivity index (χ0v) is 20.8. The third-order valence-corrected chi connectivity index (χ3v) is 4.96. The number of hydrogen-bond donors (Lipinski definition) is 1. The van der Waals surface area contributed by atoms with Gasteiger partial charge in [-0.25, -0.2) is 4.79 Å². The molecule has 4 rings (SSSR count). The number of carbonyl (C=O) groups is 1. The summed E-state index contributed by atoms with van der Waals surface area (Å²) in [6.07, 6.45) is -2.30. The zero-order chi connectivity index (χ0) is 26.2. The van der Waals surface area contributed by atoms with Crippen LogP contribution in [0.5, 0.6) is 0 Å². The molecule has 1 aliphatic rings. The van der Waals surface area contributed by atoms with Crippen molar-refractivity contribution in [2.24, 2.45) is 0 Å². The van der Waals surface area contributed by atoms with E-state index in [9.17, 15) is 18.0 Å². The van der Waals surface area contributed by atoms with E-state index in [2.05, 4.69) is 10.2 Å². The first-order valence-electron chi connectivity index (χ1n) is 11.6. The smallest absolute Gasteiger partial charge is 0.416 e. The largest absolute Gasteiger partial charge is 0.444 e. The molecule has 3 aromatic rings. The van der Waals surface area contributed by atoms with E-state index in [1.807, 2.05) is 52.8 Å². The summed E-state index contributed by atoms with van der Waals surface area (Å²) in [5, 5.41) is 9.35. The first kappa shape index (κ1) is 27.9. The summed E-state index contributed by atoms with van der Waals surface area (Å²) < 4.78 is 43.0. The fourth-order valence-corrected chi connectivity index (χ4v) is 3.38. The summed E-state index contributed by atoms with van der Waals surface area (Å²) in [5.41, 5.74) is 5.77. The Bertz CT molecular complexity index is 1100. The lowest BCUT2D eigenvalue weighted by Crippen LogP contribution is -2.34. The molecule has 9 heteroatoms. The van der Waals surface area contributed by atoms with Gasteiger partial charge in [-0.3, -0.25) is 0 Å². The van der Waals surface area contributed by atoms with E-state index in [1.165, 1.54) is 12.1 Å². The maximum atomic E-state index is 12.6. The number of hydrogen-bond acceptors (Lipinski definition) is 5. The molecule has 1 saturated heterocycles. The molecule has 0 unspecified atom stereocenters. The number of ether oxygens (including phenoxy) is 1. The lowest BCUT2D eigenvalue weighted by Gasteiger charge is -2.23. The Morgan fingerprint density at radius 3 is 1.97 bits per heavy atom. The lowest BCUT2D eigenvalue weighted by atomic mass is 10.0. The molecule has 35 heavy (non-hydrogen) atoms. The average Bonchev–Trinajstić information content (AvgIpc) is 3.35. The van der Waals surface area contributed by atoms with Crippen LogP contribution >= 0.6 is 0 Å². The van der Waals surface area contributed by atoms with E-state index in [4.69, 9.17) is 10.5 Å². The number of nitrogens with two attached hydrogens (primary N) is 1. The van der Waals surface area contributed by atoms with Gasteiger partial charge in [0.25, 0.3) is 0 Å². The molecule has 1 aliphatic heterocycles. The van der Waals surface area contributed by atoms with Crippen LogP contribution in [0.4, 0.5) is 23.8 Å². The first-order valence-corrected chi connectivity index (χ1v) is 11.6. The summed E-state index contributed by atoms with van der Waals surface area (Å²) in [6.45, 7) is 11.4. The number of fused-ring (bicyclic) bond motifs is 1. The number of nitrogen functional groups attached to an aromatic ring is 1. The number of nitrogens with zero attached hydrogens (tertiary/aromatic N) is 3. The summed E-state index contributed by atoms with van der Waals surface area (Å²) in [7, 11) is 0. The van der Waals surface area contributed by atoms with Crippen molar-refractivity contribution in [3.8, 4) is 11.3 Å². The van der Waals surface area contributed by atoms with Gasteiger partial charge in [0.1, 0.15) is 11.3 Å². The Morgan fingerprint density at radius 2 is 1.46 bits per heavy atom. The highest BCUT2D eigenvalue weighted by molar-refractivity contribution is 5.99. The summed E-state index contributed by atoms with van der Waals surface area (Å²) in [6, 6.07) is 12.1. The van der Waals surface area contributed by atoms with Gasteiger partial charge in [0, 0.05) is 29.4 Å². The second-order valence-corrected chi connectivity index (χ2v) is 8.73. The SMILES string of the molecule is CC.CC(C)(C)OC(=O)N1CCCC1.Nc1nnc(-c2ccc(C(F)(F)F)cc2)c2ccccc12. The number of likely N-dealkylation sites (tertiary alicyclic amines) is 1. The van der Waals surface area contributed by atoms with Crippen LogP contribution in [-0.4, -0.2) is 39.9 Å². The summed E-state index contributed by atoms with van der Waals surface area (Å²) >= 11 is 0. The van der Waals surface area contributed by atoms with Crippen LogP contribution in [0, 0.1) is 0 Å². The van der Waals surface area contributed by atoms with Crippen molar-refractivity contribution in [1.82, 2.24) is 15.1 Å². The maximum absolute atomic E-state index is 12.6. The molecule has 2 N–H and O–H groups in total. The number of amides is 1. The van der Waals surface area contributed by atoms with Gasteiger partial charge < -0.3 is 15.4 Å². The topological polar surface area (TPSA) is 81.3 Å². The van der Waals surface area contributed by atoms with Crippen LogP contribution in [0.1, 0.15) is 53.0 Å². The molecular weight excluding hydrogens is 457 g/mol. The molecule has 0 atom stereocenters. The van der Waals surface area contributed by atoms with Crippen molar-refractivity contribution in [3.05, 3.63) is 54.1 Å². The van der Waals surface area contributed by atoms with Crippen molar-refractivity contribution in [2.75, 3.05) is 18.8 Å². The molecule has 2 aromatic carbocycles. The van der Waals surface area contributed by atoms with Gasteiger partial charge in [0.15, 0.2) is 5.82 Å². The number of alkyl halides is 3. The molecule has 1 fully saturated rings. The molecular formula is C26H33F3N4O2. The highest BCUT2D eigenvalue weighted by atomic mass is 19.4. The monoisotopic (exact) mass is 490 g/mol. The molecule has 1 aromatic heterocycles. The second-order valence-electron chi connectivity index (χ2n) is 8.73. The van der Waals surface area contributed by atoms with Crippen LogP contribution in [-0.2, 0) is 10.9 Å². The fraction of sp³-hybridized carbons (Fsp3) is 0.423. The van der Waals surface area contributed by atoms with Gasteiger partial charge in [-0.2, -0.15) is 13.2 Å². The van der Waals surface area contributed by atoms with E-state index >= 15 is 0 Å². The number of anilines is 1. The Kier molecular flexibility index (Phi) is 9.45. The molecule has 0 saturated carbocycles. The lowest BCUT2D eigenvalue weighted by molar-refractivity contribution is -0.137. The predicted molar refractivity (Wildman–Crippen MR) is 133 cm³/mol. The van der Waals surface area contributed by atoms with Gasteiger partial charge >= 0.3 is 12.3 Å². The Morgan fingerprint density at radius 1 is 0.914 bits per heavy atom. The van der Waals surface area contributed by atoms with Crippen molar-refractivity contribution in [2.45, 2.75) is 59.2 Å². The Balaban J connectivity index is 0.000000263. The minimum atomic E-state index is -4.35. The van der Waals surface area contributed by atoms with E-state index in [-0.39, 0.29) is 11.7 Å². The minimum Gasteiger partial charge on any atom is -0.444 e. The average molecular weight is 491 g/mol. The first-order chi connectivity index (χ1) is 16.5. The van der Waals surface area contributed by atoms with Crippen molar-refractivity contribution >= 4 is 22.7 Å². The van der Waals surface area contributed by atoms with Gasteiger partial charge in [-0.05, 0) is 45.7 Å². The Hall–Kier alpha value is -3.36. The van der Waals surface area contributed by atoms with Gasteiger partial charge in [-0.1, -0.05) is 50.2 Å². The van der Waals surface area contributed by atoms with Crippen LogP contribution in [0.3, 0.4) is 0 Å². The summed E-state index contributed by atoms with van der Waals surface area (Å²) in [4.78, 5) is 13.1. The molecule has 1 amide bonds. The highest BCUT2D eigenvalue weighted by Crippen LogP contribution is 2.32. The van der Waals surface area contributed by atoms with E-state index in [0.717, 1.165) is 48.8 Å². The van der Waals surface area contributed by atoms with Gasteiger partial charge in [0.05, 0.1) is 5.56 Å². The third kappa shape index (κ3) is 7.83. The molecule has 190 valence electrons. The van der Waals surface area contributed by atoms with Crippen LogP contribution in [0.25, 0.3) is 22.0 Å². The van der Waals surface area contributed by atoms with Crippen LogP contribution < -0.4 is 5.73 Å². The quantitative estimate of drug-likeness (QED) is 0.400. The molecule has 2 heterocycles. The summed E-state index contributed by atoms with van der Waals surface area (Å²) in [5.74, 6) is 0.293. The van der Waals surface area contributed by atoms with Crippen LogP contribution in [0.15, 0.2) is 48.5 Å². The standard InChI is InChI=1S/C15H10F3N3.C9H17NO2.C2H6/c16-15(17,18)10-7-5-9(6-8-10)13-11-3-1-2-4-12(11)14(19)21-20-13;1-9(2,3)12-8(11)10-6-4-5-7-10;1-2/h1-8H,(H2,19,21);4-7H2,1-3H3;1-2H3. The van der Waals surface area contributed by atoms with Gasteiger partial charge in [-0.15, -0.1) is 10.2 Å². The van der Waals surface area contributed by atoms with Crippen molar-refractivity contribution in [3.63, 3.8) is 0 Å². The predicted octanol–water partition coefficient (Wildman–Crippen LogP) is 6.94. The van der Waals surface area contributed by atoms with E-state index < -0.39 is 11.7 Å². The molecule has 0 radical (unpaired) electrons. The van der Waals surface area contributed by atoms with Crippen molar-refractivity contribution in [1.29, 1.82) is 0 Å². The highest BCUT2D eigenvalue weighted by Gasteiger charge is 2.30. The Labute approximate surface area is 204 Å². The number of benzene rings is 2. The number of aromatic nitrogens is 2. The van der Waals surface area contributed by atoms with Crippen molar-refractivity contribution < 1.29 is 22.7 Å². The number of rotatable bonds is 1. The normalized spacial score (nSPS) is 13.4. The third-order valence-electron chi connectivity index (χ3n) is 4.96. The number of carbonyl (C=O) groups excluding carboxylic acids is 1. The van der Waals surface area contributed by atoms with Gasteiger partial charge in [0.2, 0.25) is 0 Å². The molecule has 0 aliphatic carbocycles. The second kappa shape index (κ2) is 11.9. The number of halogens is 3. The molecule has 0 spiro atoms. The van der Waals surface area contributed by atoms with E-state index in [0.29, 0.717) is 17.1 Å². The fourth-order valence-electron chi connectivity index (χ4n) is 3.38. The van der Waals surface area contributed by atoms with E-state index in [1.54, 1.807) is 11.0 Å². The zero-order valence-electron chi connectivity index (χ0n) is 20.8.